The number of hydrogen-bond donors (Lipinski definition) is 1. The summed E-state index contributed by atoms with van der Waals surface area (Å²) >= 11 is 0. The summed E-state index contributed by atoms with van der Waals surface area (Å²) in [5.74, 6) is 0.710. The molecule has 0 aliphatic heterocycles. The fourth-order valence-corrected chi connectivity index (χ4v) is 2.62. The highest BCUT2D eigenvalue weighted by Crippen LogP contribution is 2.13. The van der Waals surface area contributed by atoms with E-state index in [4.69, 9.17) is 4.74 Å². The molecule has 1 amide bonds. The van der Waals surface area contributed by atoms with Gasteiger partial charge in [0, 0.05) is 31.6 Å². The third-order valence-corrected chi connectivity index (χ3v) is 4.03. The van der Waals surface area contributed by atoms with E-state index in [9.17, 15) is 4.79 Å². The number of carbonyl (C=O) groups is 1. The summed E-state index contributed by atoms with van der Waals surface area (Å²) < 4.78 is 7.42. The van der Waals surface area contributed by atoms with E-state index in [1.165, 1.54) is 5.56 Å². The van der Waals surface area contributed by atoms with E-state index in [0.29, 0.717) is 13.2 Å². The maximum absolute atomic E-state index is 12.0. The van der Waals surface area contributed by atoms with Gasteiger partial charge in [0.2, 0.25) is 5.91 Å². The lowest BCUT2D eigenvalue weighted by molar-refractivity contribution is -0.116. The average Bonchev–Trinajstić information content (AvgIpc) is 3.20. The first-order valence-corrected chi connectivity index (χ1v) is 8.95. The Morgan fingerprint density at radius 3 is 2.52 bits per heavy atom. The van der Waals surface area contributed by atoms with E-state index in [1.54, 1.807) is 24.7 Å². The highest BCUT2D eigenvalue weighted by Gasteiger charge is 1.99. The van der Waals surface area contributed by atoms with Crippen LogP contribution in [-0.4, -0.2) is 22.1 Å². The lowest BCUT2D eigenvalue weighted by Crippen LogP contribution is -2.20. The number of rotatable bonds is 8. The Hall–Kier alpha value is -3.34. The summed E-state index contributed by atoms with van der Waals surface area (Å²) in [5.41, 5.74) is 3.21. The van der Waals surface area contributed by atoms with Crippen molar-refractivity contribution in [3.63, 3.8) is 0 Å². The molecule has 5 nitrogen and oxygen atoms in total. The molecule has 0 aliphatic carbocycles. The molecule has 5 heteroatoms. The Bertz CT molecular complexity index is 867. The van der Waals surface area contributed by atoms with Crippen LogP contribution in [0, 0.1) is 0 Å². The van der Waals surface area contributed by atoms with E-state index in [-0.39, 0.29) is 5.91 Å². The van der Waals surface area contributed by atoms with E-state index in [2.05, 4.69) is 22.4 Å². The van der Waals surface area contributed by atoms with E-state index < -0.39 is 0 Å². The average molecular weight is 361 g/mol. The molecular formula is C22H23N3O2. The van der Waals surface area contributed by atoms with Crippen LogP contribution in [0.4, 0.5) is 0 Å². The Labute approximate surface area is 159 Å². The van der Waals surface area contributed by atoms with Gasteiger partial charge in [0.25, 0.3) is 0 Å². The molecule has 3 aromatic rings. The van der Waals surface area contributed by atoms with Crippen LogP contribution in [0.15, 0.2) is 73.3 Å². The van der Waals surface area contributed by atoms with Gasteiger partial charge in [-0.05, 0) is 41.8 Å². The normalized spacial score (nSPS) is 10.9. The minimum absolute atomic E-state index is 0.119. The number of imidazole rings is 1. The summed E-state index contributed by atoms with van der Waals surface area (Å²) in [5, 5.41) is 2.90. The highest BCUT2D eigenvalue weighted by atomic mass is 16.5. The van der Waals surface area contributed by atoms with Gasteiger partial charge < -0.3 is 14.6 Å². The number of amides is 1. The smallest absolute Gasteiger partial charge is 0.244 e. The molecule has 138 valence electrons. The topological polar surface area (TPSA) is 56.1 Å². The van der Waals surface area contributed by atoms with Crippen molar-refractivity contribution >= 4 is 12.0 Å². The largest absolute Gasteiger partial charge is 0.494 e. The fourth-order valence-electron chi connectivity index (χ4n) is 2.62. The van der Waals surface area contributed by atoms with Crippen LogP contribution < -0.4 is 10.1 Å². The molecule has 1 heterocycles. The second kappa shape index (κ2) is 9.38. The zero-order chi connectivity index (χ0) is 18.9. The van der Waals surface area contributed by atoms with Crippen LogP contribution in [0.25, 0.3) is 6.08 Å². The molecule has 0 unspecified atom stereocenters. The highest BCUT2D eigenvalue weighted by molar-refractivity contribution is 5.91. The van der Waals surface area contributed by atoms with Gasteiger partial charge in [0.1, 0.15) is 5.75 Å². The molecule has 3 rings (SSSR count). The summed E-state index contributed by atoms with van der Waals surface area (Å²) in [6.45, 7) is 3.88. The molecule has 0 spiro atoms. The Morgan fingerprint density at radius 1 is 1.11 bits per heavy atom. The lowest BCUT2D eigenvalue weighted by Gasteiger charge is -2.06. The van der Waals surface area contributed by atoms with Gasteiger partial charge in [0.05, 0.1) is 12.9 Å². The van der Waals surface area contributed by atoms with Gasteiger partial charge in [-0.1, -0.05) is 36.4 Å². The van der Waals surface area contributed by atoms with Crippen molar-refractivity contribution in [1.29, 1.82) is 0 Å². The Balaban J connectivity index is 1.46. The standard InChI is InChI=1S/C22H23N3O2/c1-2-27-21-10-7-18(8-11-21)9-12-22(26)24-15-19-3-5-20(6-4-19)16-25-14-13-23-17-25/h3-14,17H,2,15-16H2,1H3,(H,24,26)/b12-9+. The third kappa shape index (κ3) is 5.85. The summed E-state index contributed by atoms with van der Waals surface area (Å²) in [6, 6.07) is 15.8. The monoisotopic (exact) mass is 361 g/mol. The number of ether oxygens (including phenoxy) is 1. The second-order valence-corrected chi connectivity index (χ2v) is 6.10. The second-order valence-electron chi connectivity index (χ2n) is 6.10. The molecular weight excluding hydrogens is 338 g/mol. The van der Waals surface area contributed by atoms with Gasteiger partial charge in [-0.15, -0.1) is 0 Å². The molecule has 0 radical (unpaired) electrons. The third-order valence-electron chi connectivity index (χ3n) is 4.03. The predicted octanol–water partition coefficient (Wildman–Crippen LogP) is 3.66. The van der Waals surface area contributed by atoms with Crippen LogP contribution in [-0.2, 0) is 17.9 Å². The molecule has 0 saturated heterocycles. The van der Waals surface area contributed by atoms with Crippen LogP contribution in [0.2, 0.25) is 0 Å². The number of hydrogen-bond acceptors (Lipinski definition) is 3. The van der Waals surface area contributed by atoms with Crippen molar-refractivity contribution in [2.24, 2.45) is 0 Å². The van der Waals surface area contributed by atoms with E-state index in [0.717, 1.165) is 23.4 Å². The number of nitrogens with zero attached hydrogens (tertiary/aromatic N) is 2. The van der Waals surface area contributed by atoms with Gasteiger partial charge in [0.15, 0.2) is 0 Å². The zero-order valence-electron chi connectivity index (χ0n) is 15.3. The van der Waals surface area contributed by atoms with Crippen molar-refractivity contribution < 1.29 is 9.53 Å². The first-order valence-electron chi connectivity index (χ1n) is 8.95. The molecule has 0 saturated carbocycles. The van der Waals surface area contributed by atoms with E-state index in [1.807, 2.05) is 54.1 Å². The van der Waals surface area contributed by atoms with Crippen LogP contribution in [0.3, 0.4) is 0 Å². The maximum Gasteiger partial charge on any atom is 0.244 e. The zero-order valence-corrected chi connectivity index (χ0v) is 15.3. The molecule has 27 heavy (non-hydrogen) atoms. The van der Waals surface area contributed by atoms with Gasteiger partial charge >= 0.3 is 0 Å². The molecule has 2 aromatic carbocycles. The van der Waals surface area contributed by atoms with E-state index >= 15 is 0 Å². The van der Waals surface area contributed by atoms with Crippen LogP contribution >= 0.6 is 0 Å². The number of carbonyl (C=O) groups excluding carboxylic acids is 1. The number of benzene rings is 2. The predicted molar refractivity (Wildman–Crippen MR) is 106 cm³/mol. The lowest BCUT2D eigenvalue weighted by atomic mass is 10.1. The van der Waals surface area contributed by atoms with Crippen molar-refractivity contribution in [2.75, 3.05) is 6.61 Å². The fraction of sp³-hybridized carbons (Fsp3) is 0.182. The summed E-state index contributed by atoms with van der Waals surface area (Å²) in [4.78, 5) is 16.0. The van der Waals surface area contributed by atoms with Crippen molar-refractivity contribution in [3.05, 3.63) is 90.0 Å². The van der Waals surface area contributed by atoms with Gasteiger partial charge in [-0.2, -0.15) is 0 Å². The quantitative estimate of drug-likeness (QED) is 0.623. The first kappa shape index (κ1) is 18.5. The summed E-state index contributed by atoms with van der Waals surface area (Å²) in [6.07, 6.45) is 8.84. The Kier molecular flexibility index (Phi) is 6.41. The van der Waals surface area contributed by atoms with Crippen LogP contribution in [0.5, 0.6) is 5.75 Å². The summed E-state index contributed by atoms with van der Waals surface area (Å²) in [7, 11) is 0. The molecule has 1 aromatic heterocycles. The van der Waals surface area contributed by atoms with Gasteiger partial charge in [-0.3, -0.25) is 4.79 Å². The number of aromatic nitrogens is 2. The molecule has 0 fully saturated rings. The molecule has 0 atom stereocenters. The van der Waals surface area contributed by atoms with Crippen molar-refractivity contribution in [2.45, 2.75) is 20.0 Å². The minimum Gasteiger partial charge on any atom is -0.494 e. The van der Waals surface area contributed by atoms with Gasteiger partial charge in [-0.25, -0.2) is 4.98 Å². The Morgan fingerprint density at radius 2 is 1.85 bits per heavy atom. The first-order chi connectivity index (χ1) is 13.2. The minimum atomic E-state index is -0.119. The molecule has 0 bridgehead atoms. The van der Waals surface area contributed by atoms with Crippen LogP contribution in [0.1, 0.15) is 23.6 Å². The molecule has 0 aliphatic rings. The van der Waals surface area contributed by atoms with Crippen molar-refractivity contribution in [3.8, 4) is 5.75 Å². The van der Waals surface area contributed by atoms with Crippen molar-refractivity contribution in [1.82, 2.24) is 14.9 Å². The molecule has 1 N–H and O–H groups in total. The number of nitrogens with one attached hydrogen (secondary N) is 1. The SMILES string of the molecule is CCOc1ccc(/C=C/C(=O)NCc2ccc(Cn3ccnc3)cc2)cc1. The maximum atomic E-state index is 12.0.